The van der Waals surface area contributed by atoms with E-state index in [0.717, 1.165) is 11.4 Å². The molecule has 0 aromatic heterocycles. The zero-order valence-corrected chi connectivity index (χ0v) is 15.9. The second-order valence-electron chi connectivity index (χ2n) is 6.76. The minimum absolute atomic E-state index is 0.0194. The topological polar surface area (TPSA) is 61.9 Å². The van der Waals surface area contributed by atoms with E-state index >= 15 is 0 Å². The van der Waals surface area contributed by atoms with E-state index in [0.29, 0.717) is 12.3 Å². The van der Waals surface area contributed by atoms with Crippen LogP contribution in [0.5, 0.6) is 5.75 Å². The lowest BCUT2D eigenvalue weighted by Crippen LogP contribution is -2.52. The number of rotatable bonds is 5. The molecule has 2 aromatic carbocycles. The van der Waals surface area contributed by atoms with Crippen molar-refractivity contribution in [1.29, 1.82) is 0 Å². The number of anilines is 2. The van der Waals surface area contributed by atoms with E-state index in [9.17, 15) is 9.59 Å². The number of amides is 2. The van der Waals surface area contributed by atoms with Gasteiger partial charge in [0.2, 0.25) is 5.91 Å². The van der Waals surface area contributed by atoms with Crippen molar-refractivity contribution in [2.24, 2.45) is 0 Å². The molecule has 1 aliphatic rings. The van der Waals surface area contributed by atoms with E-state index in [1.54, 1.807) is 11.9 Å². The Bertz CT molecular complexity index is 807. The number of hydrogen-bond acceptors (Lipinski definition) is 4. The number of ether oxygens (including phenoxy) is 1. The minimum atomic E-state index is -0.651. The summed E-state index contributed by atoms with van der Waals surface area (Å²) in [6.45, 7) is 4.47. The minimum Gasteiger partial charge on any atom is -0.477 e. The lowest BCUT2D eigenvalue weighted by Gasteiger charge is -2.37. The fourth-order valence-corrected chi connectivity index (χ4v) is 3.31. The van der Waals surface area contributed by atoms with E-state index < -0.39 is 6.10 Å². The summed E-state index contributed by atoms with van der Waals surface area (Å²) < 4.78 is 5.81. The lowest BCUT2D eigenvalue weighted by atomic mass is 10.1. The molecule has 0 saturated heterocycles. The summed E-state index contributed by atoms with van der Waals surface area (Å²) in [7, 11) is 1.58. The van der Waals surface area contributed by atoms with Gasteiger partial charge in [0.1, 0.15) is 5.75 Å². The molecule has 3 rings (SSSR count). The van der Waals surface area contributed by atoms with Crippen molar-refractivity contribution in [3.8, 4) is 5.75 Å². The molecule has 2 amide bonds. The van der Waals surface area contributed by atoms with Crippen molar-refractivity contribution in [1.82, 2.24) is 5.32 Å². The van der Waals surface area contributed by atoms with Gasteiger partial charge in [-0.25, -0.2) is 0 Å². The fraction of sp³-hybridized carbons (Fsp3) is 0.333. The molecule has 1 aliphatic heterocycles. The van der Waals surface area contributed by atoms with Gasteiger partial charge >= 0.3 is 0 Å². The smallest absolute Gasteiger partial charge is 0.262 e. The number of fused-ring (bicyclic) bond motifs is 1. The first-order valence-corrected chi connectivity index (χ1v) is 9.10. The van der Waals surface area contributed by atoms with E-state index in [-0.39, 0.29) is 24.4 Å². The highest BCUT2D eigenvalue weighted by Crippen LogP contribution is 2.33. The molecule has 6 heteroatoms. The third kappa shape index (κ3) is 4.05. The maximum absolute atomic E-state index is 13.2. The first-order valence-electron chi connectivity index (χ1n) is 9.10. The number of carbonyl (C=O) groups excluding carboxylic acids is 2. The molecule has 0 radical (unpaired) electrons. The summed E-state index contributed by atoms with van der Waals surface area (Å²) in [5.41, 5.74) is 1.68. The van der Waals surface area contributed by atoms with Crippen LogP contribution in [0.1, 0.15) is 13.8 Å². The second-order valence-corrected chi connectivity index (χ2v) is 6.76. The number of nitrogens with one attached hydrogen (secondary N) is 1. The van der Waals surface area contributed by atoms with Crippen LogP contribution in [0.3, 0.4) is 0 Å². The molecule has 0 fully saturated rings. The van der Waals surface area contributed by atoms with Crippen LogP contribution in [0.15, 0.2) is 54.6 Å². The predicted molar refractivity (Wildman–Crippen MR) is 106 cm³/mol. The molecular formula is C21H25N3O3. The number of para-hydroxylation sites is 3. The Morgan fingerprint density at radius 2 is 1.81 bits per heavy atom. The molecule has 1 unspecified atom stereocenters. The molecule has 2 aromatic rings. The lowest BCUT2D eigenvalue weighted by molar-refractivity contribution is -0.127. The zero-order chi connectivity index (χ0) is 19.4. The molecule has 0 spiro atoms. The summed E-state index contributed by atoms with van der Waals surface area (Å²) in [5.74, 6) is 0.384. The Labute approximate surface area is 159 Å². The largest absolute Gasteiger partial charge is 0.477 e. The van der Waals surface area contributed by atoms with Gasteiger partial charge in [0, 0.05) is 18.8 Å². The van der Waals surface area contributed by atoms with E-state index in [2.05, 4.69) is 5.32 Å². The van der Waals surface area contributed by atoms with Crippen LogP contribution in [-0.2, 0) is 9.59 Å². The van der Waals surface area contributed by atoms with Crippen LogP contribution in [0.4, 0.5) is 11.4 Å². The van der Waals surface area contributed by atoms with Gasteiger partial charge in [0.05, 0.1) is 18.8 Å². The fourth-order valence-electron chi connectivity index (χ4n) is 3.31. The molecule has 1 atom stereocenters. The predicted octanol–water partition coefficient (Wildman–Crippen LogP) is 2.44. The first kappa shape index (κ1) is 18.8. The molecule has 6 nitrogen and oxygen atoms in total. The van der Waals surface area contributed by atoms with Gasteiger partial charge in [-0.1, -0.05) is 30.3 Å². The van der Waals surface area contributed by atoms with Crippen LogP contribution in [0.25, 0.3) is 0 Å². The van der Waals surface area contributed by atoms with E-state index in [4.69, 9.17) is 4.74 Å². The van der Waals surface area contributed by atoms with Crippen LogP contribution in [-0.4, -0.2) is 44.1 Å². The van der Waals surface area contributed by atoms with E-state index in [1.807, 2.05) is 73.3 Å². The maximum atomic E-state index is 13.2. The second kappa shape index (κ2) is 8.12. The van der Waals surface area contributed by atoms with Crippen molar-refractivity contribution in [2.45, 2.75) is 26.0 Å². The Kier molecular flexibility index (Phi) is 5.64. The first-order chi connectivity index (χ1) is 13.0. The molecule has 0 saturated carbocycles. The van der Waals surface area contributed by atoms with Gasteiger partial charge in [-0.2, -0.15) is 0 Å². The van der Waals surface area contributed by atoms with Crippen molar-refractivity contribution in [3.63, 3.8) is 0 Å². The normalized spacial score (nSPS) is 15.7. The Morgan fingerprint density at radius 3 is 2.48 bits per heavy atom. The summed E-state index contributed by atoms with van der Waals surface area (Å²) >= 11 is 0. The average molecular weight is 367 g/mol. The SMILES string of the molecule is CNC(=O)C1CN(CC(=O)N(c2ccccc2)C(C)C)c2ccccc2O1. The molecule has 1 N–H and O–H groups in total. The maximum Gasteiger partial charge on any atom is 0.262 e. The molecule has 1 heterocycles. The number of benzene rings is 2. The number of nitrogens with zero attached hydrogens (tertiary/aromatic N) is 2. The average Bonchev–Trinajstić information content (AvgIpc) is 2.68. The third-order valence-electron chi connectivity index (χ3n) is 4.55. The van der Waals surface area contributed by atoms with Gasteiger partial charge in [0.25, 0.3) is 5.91 Å². The van der Waals surface area contributed by atoms with Crippen molar-refractivity contribution in [3.05, 3.63) is 54.6 Å². The van der Waals surface area contributed by atoms with Crippen LogP contribution in [0.2, 0.25) is 0 Å². The zero-order valence-electron chi connectivity index (χ0n) is 15.9. The standard InChI is InChI=1S/C21H25N3O3/c1-15(2)24(16-9-5-4-6-10-16)20(25)14-23-13-19(21(26)22-3)27-18-12-8-7-11-17(18)23/h4-12,15,19H,13-14H2,1-3H3,(H,22,26). The molecule has 27 heavy (non-hydrogen) atoms. The van der Waals surface area contributed by atoms with Crippen molar-refractivity contribution in [2.75, 3.05) is 29.9 Å². The van der Waals surface area contributed by atoms with Gasteiger partial charge in [-0.05, 0) is 38.1 Å². The van der Waals surface area contributed by atoms with Gasteiger partial charge in [0.15, 0.2) is 6.10 Å². The number of hydrogen-bond donors (Lipinski definition) is 1. The van der Waals surface area contributed by atoms with Crippen LogP contribution < -0.4 is 19.9 Å². The number of likely N-dealkylation sites (N-methyl/N-ethyl adjacent to an activating group) is 1. The Morgan fingerprint density at radius 1 is 1.15 bits per heavy atom. The monoisotopic (exact) mass is 367 g/mol. The summed E-state index contributed by atoms with van der Waals surface area (Å²) in [6.07, 6.45) is -0.651. The molecule has 0 bridgehead atoms. The highest BCUT2D eigenvalue weighted by molar-refractivity contribution is 5.97. The van der Waals surface area contributed by atoms with E-state index in [1.165, 1.54) is 0 Å². The van der Waals surface area contributed by atoms with Gasteiger partial charge in [-0.15, -0.1) is 0 Å². The Hall–Kier alpha value is -3.02. The molecule has 142 valence electrons. The van der Waals surface area contributed by atoms with Crippen molar-refractivity contribution >= 4 is 23.2 Å². The Balaban J connectivity index is 1.86. The summed E-state index contributed by atoms with van der Waals surface area (Å²) in [4.78, 5) is 29.0. The summed E-state index contributed by atoms with van der Waals surface area (Å²) in [6, 6.07) is 17.1. The highest BCUT2D eigenvalue weighted by Gasteiger charge is 2.32. The summed E-state index contributed by atoms with van der Waals surface area (Å²) in [5, 5.41) is 2.62. The quantitative estimate of drug-likeness (QED) is 0.882. The van der Waals surface area contributed by atoms with Crippen molar-refractivity contribution < 1.29 is 14.3 Å². The third-order valence-corrected chi connectivity index (χ3v) is 4.55. The van der Waals surface area contributed by atoms with Crippen LogP contribution in [0, 0.1) is 0 Å². The molecular weight excluding hydrogens is 342 g/mol. The van der Waals surface area contributed by atoms with Gasteiger partial charge < -0.3 is 19.9 Å². The molecule has 0 aliphatic carbocycles. The van der Waals surface area contributed by atoms with Gasteiger partial charge in [-0.3, -0.25) is 9.59 Å². The number of carbonyl (C=O) groups is 2. The highest BCUT2D eigenvalue weighted by atomic mass is 16.5. The van der Waals surface area contributed by atoms with Crippen LogP contribution >= 0.6 is 0 Å².